The first kappa shape index (κ1) is 12.5. The van der Waals surface area contributed by atoms with E-state index in [2.05, 4.69) is 4.98 Å². The number of anilines is 1. The van der Waals surface area contributed by atoms with Gasteiger partial charge in [0.05, 0.1) is 0 Å². The van der Waals surface area contributed by atoms with Crippen LogP contribution in [0.2, 0.25) is 0 Å². The van der Waals surface area contributed by atoms with Gasteiger partial charge in [0.15, 0.2) is 5.69 Å². The molecular weight excluding hydrogens is 223 g/mol. The molecule has 1 rings (SSSR count). The highest BCUT2D eigenvalue weighted by atomic mass is 19.4. The summed E-state index contributed by atoms with van der Waals surface area (Å²) < 4.78 is 37.9. The van der Waals surface area contributed by atoms with Crippen LogP contribution < -0.4 is 11.3 Å². The third kappa shape index (κ3) is 2.74. The molecule has 0 bridgehead atoms. The summed E-state index contributed by atoms with van der Waals surface area (Å²) in [6.07, 6.45) is -4.65. The Balaban J connectivity index is 3.24. The van der Waals surface area contributed by atoms with Gasteiger partial charge in [0.1, 0.15) is 0 Å². The van der Waals surface area contributed by atoms with E-state index < -0.39 is 23.4 Å². The van der Waals surface area contributed by atoms with Crippen molar-refractivity contribution >= 4 is 5.95 Å². The molecule has 2 N–H and O–H groups in total. The second kappa shape index (κ2) is 4.15. The SMILES string of the molecule is CC(C)Cn1c(N)nc(C(F)(F)F)cc1=O. The van der Waals surface area contributed by atoms with Gasteiger partial charge in [-0.1, -0.05) is 13.8 Å². The van der Waals surface area contributed by atoms with Crippen molar-refractivity contribution in [2.45, 2.75) is 26.6 Å². The van der Waals surface area contributed by atoms with Crippen LogP contribution in [0.5, 0.6) is 0 Å². The Hall–Kier alpha value is -1.53. The maximum Gasteiger partial charge on any atom is 0.433 e. The monoisotopic (exact) mass is 235 g/mol. The van der Waals surface area contributed by atoms with Crippen molar-refractivity contribution < 1.29 is 13.2 Å². The van der Waals surface area contributed by atoms with Gasteiger partial charge in [0, 0.05) is 12.6 Å². The lowest BCUT2D eigenvalue weighted by Gasteiger charge is -2.13. The summed E-state index contributed by atoms with van der Waals surface area (Å²) in [6.45, 7) is 3.89. The van der Waals surface area contributed by atoms with Crippen LogP contribution in [0.1, 0.15) is 19.5 Å². The minimum Gasteiger partial charge on any atom is -0.369 e. The molecule has 0 atom stereocenters. The van der Waals surface area contributed by atoms with Crippen molar-refractivity contribution in [3.05, 3.63) is 22.1 Å². The van der Waals surface area contributed by atoms with Gasteiger partial charge >= 0.3 is 6.18 Å². The molecule has 0 aliphatic carbocycles. The molecule has 0 saturated heterocycles. The average molecular weight is 235 g/mol. The van der Waals surface area contributed by atoms with E-state index in [1.165, 1.54) is 0 Å². The zero-order chi connectivity index (χ0) is 12.5. The second-order valence-electron chi connectivity index (χ2n) is 3.84. The third-order valence-corrected chi connectivity index (χ3v) is 1.88. The van der Waals surface area contributed by atoms with E-state index >= 15 is 0 Å². The molecule has 16 heavy (non-hydrogen) atoms. The van der Waals surface area contributed by atoms with E-state index in [9.17, 15) is 18.0 Å². The minimum atomic E-state index is -4.65. The first-order valence-electron chi connectivity index (χ1n) is 4.66. The molecule has 1 aromatic heterocycles. The third-order valence-electron chi connectivity index (χ3n) is 1.88. The van der Waals surface area contributed by atoms with Crippen LogP contribution >= 0.6 is 0 Å². The van der Waals surface area contributed by atoms with Gasteiger partial charge in [0.25, 0.3) is 5.56 Å². The van der Waals surface area contributed by atoms with Crippen LogP contribution in [-0.4, -0.2) is 9.55 Å². The molecule has 1 aromatic rings. The summed E-state index contributed by atoms with van der Waals surface area (Å²) in [5.74, 6) is -0.313. The fourth-order valence-corrected chi connectivity index (χ4v) is 1.22. The molecule has 7 heteroatoms. The predicted octanol–water partition coefficient (Wildman–Crippen LogP) is 1.50. The molecule has 0 radical (unpaired) electrons. The van der Waals surface area contributed by atoms with Crippen LogP contribution in [0.15, 0.2) is 10.9 Å². The molecule has 0 fully saturated rings. The Labute approximate surface area is 89.9 Å². The standard InChI is InChI=1S/C9H12F3N3O/c1-5(2)4-15-7(16)3-6(9(10,11)12)14-8(15)13/h3,5H,4H2,1-2H3,(H2,13,14). The highest BCUT2D eigenvalue weighted by molar-refractivity contribution is 5.21. The summed E-state index contributed by atoms with van der Waals surface area (Å²) in [6, 6.07) is 0.457. The zero-order valence-electron chi connectivity index (χ0n) is 8.88. The van der Waals surface area contributed by atoms with Crippen molar-refractivity contribution in [2.24, 2.45) is 5.92 Å². The lowest BCUT2D eigenvalue weighted by atomic mass is 10.2. The molecule has 1 heterocycles. The molecule has 4 nitrogen and oxygen atoms in total. The number of alkyl halides is 3. The van der Waals surface area contributed by atoms with Crippen molar-refractivity contribution in [3.8, 4) is 0 Å². The normalized spacial score (nSPS) is 12.1. The Morgan fingerprint density at radius 1 is 1.50 bits per heavy atom. The summed E-state index contributed by atoms with van der Waals surface area (Å²) in [5.41, 5.74) is 3.28. The van der Waals surface area contributed by atoms with Crippen LogP contribution in [0.3, 0.4) is 0 Å². The molecule has 0 saturated carbocycles. The molecule has 0 unspecified atom stereocenters. The first-order chi connectivity index (χ1) is 7.21. The van der Waals surface area contributed by atoms with Gasteiger partial charge in [-0.2, -0.15) is 13.2 Å². The van der Waals surface area contributed by atoms with Crippen LogP contribution in [0.25, 0.3) is 0 Å². The largest absolute Gasteiger partial charge is 0.433 e. The van der Waals surface area contributed by atoms with Crippen molar-refractivity contribution in [2.75, 3.05) is 5.73 Å². The number of hydrogen-bond donors (Lipinski definition) is 1. The van der Waals surface area contributed by atoms with E-state index in [4.69, 9.17) is 5.73 Å². The number of aromatic nitrogens is 2. The van der Waals surface area contributed by atoms with Gasteiger partial charge in [-0.15, -0.1) is 0 Å². The Morgan fingerprint density at radius 2 is 2.06 bits per heavy atom. The number of halogens is 3. The number of hydrogen-bond acceptors (Lipinski definition) is 3. The Morgan fingerprint density at radius 3 is 2.44 bits per heavy atom. The number of nitrogen functional groups attached to an aromatic ring is 1. The number of rotatable bonds is 2. The molecule has 0 aliphatic rings. The topological polar surface area (TPSA) is 60.9 Å². The lowest BCUT2D eigenvalue weighted by molar-refractivity contribution is -0.141. The zero-order valence-corrected chi connectivity index (χ0v) is 8.88. The lowest BCUT2D eigenvalue weighted by Crippen LogP contribution is -2.28. The molecular formula is C9H12F3N3O. The molecule has 0 aromatic carbocycles. The van der Waals surface area contributed by atoms with Crippen LogP contribution in [-0.2, 0) is 12.7 Å². The van der Waals surface area contributed by atoms with Gasteiger partial charge < -0.3 is 5.73 Å². The van der Waals surface area contributed by atoms with Crippen molar-refractivity contribution in [1.82, 2.24) is 9.55 Å². The van der Waals surface area contributed by atoms with Gasteiger partial charge in [-0.3, -0.25) is 9.36 Å². The predicted molar refractivity (Wildman–Crippen MR) is 52.7 cm³/mol. The summed E-state index contributed by atoms with van der Waals surface area (Å²) >= 11 is 0. The molecule has 0 spiro atoms. The van der Waals surface area contributed by atoms with E-state index in [1.54, 1.807) is 0 Å². The number of nitrogens with two attached hydrogens (primary N) is 1. The minimum absolute atomic E-state index is 0.0959. The fraction of sp³-hybridized carbons (Fsp3) is 0.556. The van der Waals surface area contributed by atoms with Crippen molar-refractivity contribution in [1.29, 1.82) is 0 Å². The first-order valence-corrected chi connectivity index (χ1v) is 4.66. The van der Waals surface area contributed by atoms with E-state index in [0.29, 0.717) is 6.07 Å². The second-order valence-corrected chi connectivity index (χ2v) is 3.84. The number of nitrogens with zero attached hydrogens (tertiary/aromatic N) is 2. The molecule has 90 valence electrons. The average Bonchev–Trinajstić information content (AvgIpc) is 2.09. The maximum absolute atomic E-state index is 12.3. The van der Waals surface area contributed by atoms with E-state index in [-0.39, 0.29) is 12.5 Å². The van der Waals surface area contributed by atoms with E-state index in [1.807, 2.05) is 13.8 Å². The van der Waals surface area contributed by atoms with Gasteiger partial charge in [0.2, 0.25) is 5.95 Å². The summed E-state index contributed by atoms with van der Waals surface area (Å²) in [4.78, 5) is 14.6. The summed E-state index contributed by atoms with van der Waals surface area (Å²) in [7, 11) is 0. The van der Waals surface area contributed by atoms with E-state index in [0.717, 1.165) is 4.57 Å². The fourth-order valence-electron chi connectivity index (χ4n) is 1.22. The highest BCUT2D eigenvalue weighted by Gasteiger charge is 2.33. The summed E-state index contributed by atoms with van der Waals surface area (Å²) in [5, 5.41) is 0. The van der Waals surface area contributed by atoms with Crippen LogP contribution in [0.4, 0.5) is 19.1 Å². The highest BCUT2D eigenvalue weighted by Crippen LogP contribution is 2.26. The molecule has 0 aliphatic heterocycles. The maximum atomic E-state index is 12.3. The Bertz CT molecular complexity index is 437. The smallest absolute Gasteiger partial charge is 0.369 e. The van der Waals surface area contributed by atoms with Gasteiger partial charge in [-0.05, 0) is 5.92 Å². The van der Waals surface area contributed by atoms with Crippen molar-refractivity contribution in [3.63, 3.8) is 0 Å². The van der Waals surface area contributed by atoms with Crippen LogP contribution in [0, 0.1) is 5.92 Å². The molecule has 0 amide bonds. The quantitative estimate of drug-likeness (QED) is 0.845. The van der Waals surface area contributed by atoms with Gasteiger partial charge in [-0.25, -0.2) is 4.98 Å². The Kier molecular flexibility index (Phi) is 3.25.